The Morgan fingerprint density at radius 1 is 1.48 bits per heavy atom. The molecule has 118 valence electrons. The first-order valence-electron chi connectivity index (χ1n) is 7.95. The molecule has 2 unspecified atom stereocenters. The van der Waals surface area contributed by atoms with Gasteiger partial charge in [-0.15, -0.1) is 11.8 Å². The molecule has 0 saturated carbocycles. The van der Waals surface area contributed by atoms with Crippen LogP contribution >= 0.6 is 11.8 Å². The third kappa shape index (κ3) is 5.62. The summed E-state index contributed by atoms with van der Waals surface area (Å²) >= 11 is 1.90. The van der Waals surface area contributed by atoms with Crippen molar-refractivity contribution in [3.63, 3.8) is 0 Å². The van der Waals surface area contributed by atoms with Gasteiger partial charge in [-0.3, -0.25) is 0 Å². The molecule has 1 heterocycles. The Morgan fingerprint density at radius 2 is 2.33 bits per heavy atom. The monoisotopic (exact) mass is 308 g/mol. The summed E-state index contributed by atoms with van der Waals surface area (Å²) in [6, 6.07) is 9.30. The standard InChI is InChI=1S/C17H28N2OS/c1-4-8-18-14(2)15-6-5-7-17(11-15)21-13-16-12-19(3)9-10-20-16/h5-7,11,14,16,18H,4,8-10,12-13H2,1-3H3. The molecule has 0 radical (unpaired) electrons. The second kappa shape index (κ2) is 8.79. The average molecular weight is 308 g/mol. The summed E-state index contributed by atoms with van der Waals surface area (Å²) in [5.74, 6) is 1.03. The minimum absolute atomic E-state index is 0.355. The SMILES string of the molecule is CCCNC(C)c1cccc(SCC2CN(C)CCO2)c1. The Labute approximate surface area is 133 Å². The largest absolute Gasteiger partial charge is 0.375 e. The first kappa shape index (κ1) is 16.8. The van der Waals surface area contributed by atoms with Gasteiger partial charge in [-0.05, 0) is 44.6 Å². The van der Waals surface area contributed by atoms with E-state index in [0.29, 0.717) is 12.1 Å². The second-order valence-corrected chi connectivity index (χ2v) is 6.91. The van der Waals surface area contributed by atoms with Gasteiger partial charge in [0, 0.05) is 29.8 Å². The first-order valence-corrected chi connectivity index (χ1v) is 8.94. The molecule has 1 N–H and O–H groups in total. The van der Waals surface area contributed by atoms with Gasteiger partial charge in [0.25, 0.3) is 0 Å². The van der Waals surface area contributed by atoms with Crippen molar-refractivity contribution in [1.82, 2.24) is 10.2 Å². The van der Waals surface area contributed by atoms with Crippen molar-refractivity contribution < 1.29 is 4.74 Å². The highest BCUT2D eigenvalue weighted by Gasteiger charge is 2.17. The van der Waals surface area contributed by atoms with Gasteiger partial charge >= 0.3 is 0 Å². The molecular weight excluding hydrogens is 280 g/mol. The van der Waals surface area contributed by atoms with E-state index >= 15 is 0 Å². The number of rotatable bonds is 7. The van der Waals surface area contributed by atoms with Gasteiger partial charge in [-0.25, -0.2) is 0 Å². The Kier molecular flexibility index (Phi) is 7.04. The minimum Gasteiger partial charge on any atom is -0.375 e. The number of nitrogens with one attached hydrogen (secondary N) is 1. The van der Waals surface area contributed by atoms with E-state index < -0.39 is 0 Å². The summed E-state index contributed by atoms with van der Waals surface area (Å²) in [5, 5.41) is 3.55. The third-order valence-corrected chi connectivity index (χ3v) is 4.96. The molecule has 2 atom stereocenters. The molecule has 1 saturated heterocycles. The van der Waals surface area contributed by atoms with Gasteiger partial charge in [0.15, 0.2) is 0 Å². The van der Waals surface area contributed by atoms with E-state index in [0.717, 1.165) is 32.0 Å². The Morgan fingerprint density at radius 3 is 3.10 bits per heavy atom. The van der Waals surface area contributed by atoms with Crippen molar-refractivity contribution in [2.45, 2.75) is 37.3 Å². The summed E-state index contributed by atoms with van der Waals surface area (Å²) in [5.41, 5.74) is 1.37. The van der Waals surface area contributed by atoms with Crippen molar-refractivity contribution in [1.29, 1.82) is 0 Å². The number of benzene rings is 1. The van der Waals surface area contributed by atoms with Crippen LogP contribution in [0.5, 0.6) is 0 Å². The van der Waals surface area contributed by atoms with Crippen molar-refractivity contribution in [2.75, 3.05) is 39.0 Å². The highest BCUT2D eigenvalue weighted by atomic mass is 32.2. The van der Waals surface area contributed by atoms with E-state index in [9.17, 15) is 0 Å². The topological polar surface area (TPSA) is 24.5 Å². The third-order valence-electron chi connectivity index (χ3n) is 3.84. The molecule has 0 aliphatic carbocycles. The normalized spacial score (nSPS) is 21.4. The maximum atomic E-state index is 5.83. The van der Waals surface area contributed by atoms with Crippen LogP contribution in [0.2, 0.25) is 0 Å². The number of morpholine rings is 1. The summed E-state index contributed by atoms with van der Waals surface area (Å²) in [4.78, 5) is 3.69. The predicted molar refractivity (Wildman–Crippen MR) is 91.1 cm³/mol. The van der Waals surface area contributed by atoms with E-state index in [1.807, 2.05) is 11.8 Å². The van der Waals surface area contributed by atoms with Crippen LogP contribution in [0, 0.1) is 0 Å². The van der Waals surface area contributed by atoms with Crippen LogP contribution in [-0.2, 0) is 4.74 Å². The van der Waals surface area contributed by atoms with Gasteiger partial charge in [0.05, 0.1) is 12.7 Å². The summed E-state index contributed by atoms with van der Waals surface area (Å²) in [6.07, 6.45) is 1.53. The maximum absolute atomic E-state index is 5.83. The molecule has 2 rings (SSSR count). The van der Waals surface area contributed by atoms with Crippen molar-refractivity contribution in [3.8, 4) is 0 Å². The number of hydrogen-bond acceptors (Lipinski definition) is 4. The fourth-order valence-electron chi connectivity index (χ4n) is 2.51. The maximum Gasteiger partial charge on any atom is 0.0796 e. The second-order valence-electron chi connectivity index (χ2n) is 5.81. The van der Waals surface area contributed by atoms with Crippen LogP contribution in [-0.4, -0.2) is 50.0 Å². The lowest BCUT2D eigenvalue weighted by Crippen LogP contribution is -2.41. The molecule has 21 heavy (non-hydrogen) atoms. The minimum atomic E-state index is 0.355. The quantitative estimate of drug-likeness (QED) is 0.782. The zero-order chi connectivity index (χ0) is 15.1. The fraction of sp³-hybridized carbons (Fsp3) is 0.647. The Hall–Kier alpha value is -0.550. The van der Waals surface area contributed by atoms with E-state index in [1.54, 1.807) is 0 Å². The fourth-order valence-corrected chi connectivity index (χ4v) is 3.48. The van der Waals surface area contributed by atoms with Crippen LogP contribution in [0.25, 0.3) is 0 Å². The molecule has 3 nitrogen and oxygen atoms in total. The average Bonchev–Trinajstić information content (AvgIpc) is 2.51. The van der Waals surface area contributed by atoms with E-state index in [2.05, 4.69) is 55.4 Å². The molecule has 4 heteroatoms. The lowest BCUT2D eigenvalue weighted by molar-refractivity contribution is -0.00598. The van der Waals surface area contributed by atoms with Crippen LogP contribution in [0.15, 0.2) is 29.2 Å². The van der Waals surface area contributed by atoms with Crippen LogP contribution in [0.3, 0.4) is 0 Å². The molecule has 1 aliphatic heterocycles. The number of ether oxygens (including phenoxy) is 1. The molecule has 0 bridgehead atoms. The molecule has 1 aromatic carbocycles. The summed E-state index contributed by atoms with van der Waals surface area (Å²) < 4.78 is 5.83. The smallest absolute Gasteiger partial charge is 0.0796 e. The van der Waals surface area contributed by atoms with Crippen molar-refractivity contribution in [2.24, 2.45) is 0 Å². The zero-order valence-corrected chi connectivity index (χ0v) is 14.3. The van der Waals surface area contributed by atoms with Gasteiger partial charge in [0.1, 0.15) is 0 Å². The number of likely N-dealkylation sites (N-methyl/N-ethyl adjacent to an activating group) is 1. The van der Waals surface area contributed by atoms with Gasteiger partial charge in [0.2, 0.25) is 0 Å². The van der Waals surface area contributed by atoms with Gasteiger partial charge in [-0.2, -0.15) is 0 Å². The van der Waals surface area contributed by atoms with E-state index in [4.69, 9.17) is 4.74 Å². The molecular formula is C17H28N2OS. The highest BCUT2D eigenvalue weighted by molar-refractivity contribution is 7.99. The Balaban J connectivity index is 1.85. The number of hydrogen-bond donors (Lipinski definition) is 1. The van der Waals surface area contributed by atoms with Gasteiger partial charge in [-0.1, -0.05) is 19.1 Å². The lowest BCUT2D eigenvalue weighted by atomic mass is 10.1. The van der Waals surface area contributed by atoms with E-state index in [1.165, 1.54) is 16.9 Å². The van der Waals surface area contributed by atoms with Crippen LogP contribution < -0.4 is 5.32 Å². The molecule has 1 aromatic rings. The number of thioether (sulfide) groups is 1. The Bertz CT molecular complexity index is 427. The van der Waals surface area contributed by atoms with E-state index in [-0.39, 0.29) is 0 Å². The first-order chi connectivity index (χ1) is 10.2. The molecule has 0 spiro atoms. The van der Waals surface area contributed by atoms with Gasteiger partial charge < -0.3 is 15.0 Å². The number of nitrogens with zero attached hydrogens (tertiary/aromatic N) is 1. The molecule has 1 aliphatic rings. The van der Waals surface area contributed by atoms with Crippen molar-refractivity contribution in [3.05, 3.63) is 29.8 Å². The molecule has 0 amide bonds. The summed E-state index contributed by atoms with van der Waals surface area (Å²) in [7, 11) is 2.17. The van der Waals surface area contributed by atoms with Crippen LogP contribution in [0.1, 0.15) is 31.9 Å². The van der Waals surface area contributed by atoms with Crippen LogP contribution in [0.4, 0.5) is 0 Å². The summed E-state index contributed by atoms with van der Waals surface area (Å²) in [6.45, 7) is 8.46. The lowest BCUT2D eigenvalue weighted by Gasteiger charge is -2.29. The molecule has 1 fully saturated rings. The predicted octanol–water partition coefficient (Wildman–Crippen LogP) is 3.17. The zero-order valence-electron chi connectivity index (χ0n) is 13.5. The van der Waals surface area contributed by atoms with Crippen molar-refractivity contribution >= 4 is 11.8 Å². The molecule has 0 aromatic heterocycles. The highest BCUT2D eigenvalue weighted by Crippen LogP contribution is 2.24.